The standard InChI is InChI=1S/C27H23NO5/c1-30-22-13-9-20(10-14-22)26-25(19-7-4-18(5-8-19)6-17-24(29)32-3)27(33-28-26)21-11-15-23(31-2)16-12-21/h4-17H,1-3H3/b17-6+. The minimum atomic E-state index is -0.401. The maximum atomic E-state index is 11.4. The lowest BCUT2D eigenvalue weighted by molar-refractivity contribution is -0.134. The first-order valence-electron chi connectivity index (χ1n) is 10.3. The van der Waals surface area contributed by atoms with Crippen LogP contribution in [0.15, 0.2) is 83.4 Å². The molecule has 0 amide bonds. The molecule has 6 heteroatoms. The SMILES string of the molecule is COC(=O)/C=C/c1ccc(-c2c(-c3ccc(OC)cc3)noc2-c2ccc(OC)cc2)cc1. The molecule has 1 heterocycles. The molecule has 0 aliphatic heterocycles. The van der Waals surface area contributed by atoms with E-state index in [9.17, 15) is 4.79 Å². The van der Waals surface area contributed by atoms with E-state index < -0.39 is 5.97 Å². The van der Waals surface area contributed by atoms with Gasteiger partial charge in [0.05, 0.1) is 26.9 Å². The molecule has 0 aliphatic rings. The van der Waals surface area contributed by atoms with Gasteiger partial charge in [-0.1, -0.05) is 29.4 Å². The highest BCUT2D eigenvalue weighted by molar-refractivity contribution is 5.91. The normalized spacial score (nSPS) is 10.9. The van der Waals surface area contributed by atoms with Crippen molar-refractivity contribution in [3.63, 3.8) is 0 Å². The number of ether oxygens (including phenoxy) is 3. The second kappa shape index (κ2) is 9.87. The van der Waals surface area contributed by atoms with E-state index in [1.165, 1.54) is 13.2 Å². The third-order valence-electron chi connectivity index (χ3n) is 5.22. The van der Waals surface area contributed by atoms with Crippen LogP contribution in [0.1, 0.15) is 5.56 Å². The van der Waals surface area contributed by atoms with Crippen LogP contribution in [-0.4, -0.2) is 32.5 Å². The number of hydrogen-bond donors (Lipinski definition) is 0. The van der Waals surface area contributed by atoms with E-state index in [1.807, 2.05) is 72.8 Å². The lowest BCUT2D eigenvalue weighted by Crippen LogP contribution is -1.93. The molecule has 0 saturated heterocycles. The van der Waals surface area contributed by atoms with Gasteiger partial charge < -0.3 is 18.7 Å². The molecule has 33 heavy (non-hydrogen) atoms. The molecule has 0 fully saturated rings. The molecule has 1 aromatic heterocycles. The van der Waals surface area contributed by atoms with Crippen LogP contribution in [0.4, 0.5) is 0 Å². The Bertz CT molecular complexity index is 1190. The fourth-order valence-corrected chi connectivity index (χ4v) is 3.44. The molecule has 0 atom stereocenters. The second-order valence-electron chi connectivity index (χ2n) is 7.17. The minimum Gasteiger partial charge on any atom is -0.497 e. The molecule has 4 rings (SSSR count). The smallest absolute Gasteiger partial charge is 0.330 e. The maximum absolute atomic E-state index is 11.4. The van der Waals surface area contributed by atoms with E-state index in [0.717, 1.165) is 45.0 Å². The molecular weight excluding hydrogens is 418 g/mol. The summed E-state index contributed by atoms with van der Waals surface area (Å²) in [4.78, 5) is 11.4. The Kier molecular flexibility index (Phi) is 6.55. The van der Waals surface area contributed by atoms with Gasteiger partial charge in [0.1, 0.15) is 17.2 Å². The summed E-state index contributed by atoms with van der Waals surface area (Å²) < 4.78 is 21.1. The van der Waals surface area contributed by atoms with Crippen LogP contribution >= 0.6 is 0 Å². The molecule has 0 bridgehead atoms. The van der Waals surface area contributed by atoms with Crippen LogP contribution in [0.2, 0.25) is 0 Å². The summed E-state index contributed by atoms with van der Waals surface area (Å²) in [5.41, 5.74) is 5.19. The summed E-state index contributed by atoms with van der Waals surface area (Å²) in [5.74, 6) is 1.78. The van der Waals surface area contributed by atoms with Gasteiger partial charge in [0.2, 0.25) is 0 Å². The molecule has 0 N–H and O–H groups in total. The summed E-state index contributed by atoms with van der Waals surface area (Å²) in [6.07, 6.45) is 3.10. The average molecular weight is 441 g/mol. The van der Waals surface area contributed by atoms with Crippen LogP contribution in [-0.2, 0) is 9.53 Å². The van der Waals surface area contributed by atoms with Crippen LogP contribution in [0, 0.1) is 0 Å². The van der Waals surface area contributed by atoms with Gasteiger partial charge >= 0.3 is 5.97 Å². The number of hydrogen-bond acceptors (Lipinski definition) is 6. The number of nitrogens with zero attached hydrogens (tertiary/aromatic N) is 1. The van der Waals surface area contributed by atoms with Crippen LogP contribution in [0.3, 0.4) is 0 Å². The van der Waals surface area contributed by atoms with E-state index in [-0.39, 0.29) is 0 Å². The molecule has 4 aromatic rings. The molecule has 0 spiro atoms. The van der Waals surface area contributed by atoms with Crippen molar-refractivity contribution in [2.45, 2.75) is 0 Å². The van der Waals surface area contributed by atoms with E-state index in [1.54, 1.807) is 20.3 Å². The molecule has 0 unspecified atom stereocenters. The topological polar surface area (TPSA) is 70.8 Å². The fraction of sp³-hybridized carbons (Fsp3) is 0.111. The van der Waals surface area contributed by atoms with E-state index >= 15 is 0 Å². The van der Waals surface area contributed by atoms with E-state index in [0.29, 0.717) is 5.76 Å². The Labute approximate surface area is 192 Å². The Hall–Kier alpha value is -4.32. The third-order valence-corrected chi connectivity index (χ3v) is 5.22. The number of esters is 1. The summed E-state index contributed by atoms with van der Waals surface area (Å²) >= 11 is 0. The van der Waals surface area contributed by atoms with Gasteiger partial charge in [-0.25, -0.2) is 4.79 Å². The lowest BCUT2D eigenvalue weighted by Gasteiger charge is -2.07. The van der Waals surface area contributed by atoms with Crippen molar-refractivity contribution in [3.05, 3.63) is 84.4 Å². The van der Waals surface area contributed by atoms with Crippen molar-refractivity contribution in [2.24, 2.45) is 0 Å². The second-order valence-corrected chi connectivity index (χ2v) is 7.17. The van der Waals surface area contributed by atoms with Crippen molar-refractivity contribution in [3.8, 4) is 45.2 Å². The van der Waals surface area contributed by atoms with E-state index in [4.69, 9.17) is 14.0 Å². The van der Waals surface area contributed by atoms with Crippen molar-refractivity contribution in [1.82, 2.24) is 5.16 Å². The molecule has 0 aliphatic carbocycles. The molecule has 6 nitrogen and oxygen atoms in total. The molecule has 0 saturated carbocycles. The fourth-order valence-electron chi connectivity index (χ4n) is 3.44. The van der Waals surface area contributed by atoms with Gasteiger partial charge in [0.15, 0.2) is 5.76 Å². The Balaban J connectivity index is 1.80. The zero-order chi connectivity index (χ0) is 23.2. The zero-order valence-corrected chi connectivity index (χ0v) is 18.6. The van der Waals surface area contributed by atoms with Crippen molar-refractivity contribution in [1.29, 1.82) is 0 Å². The van der Waals surface area contributed by atoms with Gasteiger partial charge in [-0.3, -0.25) is 0 Å². The number of carbonyl (C=O) groups excluding carboxylic acids is 1. The maximum Gasteiger partial charge on any atom is 0.330 e. The first-order chi connectivity index (χ1) is 16.1. The van der Waals surface area contributed by atoms with Crippen molar-refractivity contribution < 1.29 is 23.5 Å². The van der Waals surface area contributed by atoms with Crippen molar-refractivity contribution >= 4 is 12.0 Å². The number of methoxy groups -OCH3 is 3. The summed E-state index contributed by atoms with van der Waals surface area (Å²) in [6.45, 7) is 0. The Morgan fingerprint density at radius 1 is 0.758 bits per heavy atom. The molecule has 166 valence electrons. The lowest BCUT2D eigenvalue weighted by atomic mass is 9.95. The average Bonchev–Trinajstić information content (AvgIpc) is 3.32. The van der Waals surface area contributed by atoms with Gasteiger partial charge in [0, 0.05) is 17.2 Å². The third kappa shape index (κ3) is 4.80. The summed E-state index contributed by atoms with van der Waals surface area (Å²) in [6, 6.07) is 23.1. The first kappa shape index (κ1) is 21.9. The van der Waals surface area contributed by atoms with Gasteiger partial charge in [-0.15, -0.1) is 0 Å². The number of carbonyl (C=O) groups is 1. The van der Waals surface area contributed by atoms with Gasteiger partial charge in [-0.05, 0) is 65.7 Å². The quantitative estimate of drug-likeness (QED) is 0.263. The molecule has 3 aromatic carbocycles. The molecular formula is C27H23NO5. The first-order valence-corrected chi connectivity index (χ1v) is 10.3. The monoisotopic (exact) mass is 441 g/mol. The highest BCUT2D eigenvalue weighted by atomic mass is 16.5. The molecule has 0 radical (unpaired) electrons. The predicted molar refractivity (Wildman–Crippen MR) is 127 cm³/mol. The van der Waals surface area contributed by atoms with Gasteiger partial charge in [-0.2, -0.15) is 0 Å². The van der Waals surface area contributed by atoms with Gasteiger partial charge in [0.25, 0.3) is 0 Å². The predicted octanol–water partition coefficient (Wildman–Crippen LogP) is 5.88. The minimum absolute atomic E-state index is 0.401. The largest absolute Gasteiger partial charge is 0.497 e. The number of rotatable bonds is 7. The Morgan fingerprint density at radius 3 is 1.85 bits per heavy atom. The van der Waals surface area contributed by atoms with E-state index in [2.05, 4.69) is 9.89 Å². The van der Waals surface area contributed by atoms with Crippen LogP contribution in [0.5, 0.6) is 11.5 Å². The summed E-state index contributed by atoms with van der Waals surface area (Å²) in [5, 5.41) is 4.41. The number of aromatic nitrogens is 1. The highest BCUT2D eigenvalue weighted by Gasteiger charge is 2.21. The Morgan fingerprint density at radius 2 is 1.30 bits per heavy atom. The number of benzene rings is 3. The zero-order valence-electron chi connectivity index (χ0n) is 18.6. The van der Waals surface area contributed by atoms with Crippen LogP contribution in [0.25, 0.3) is 39.8 Å². The van der Waals surface area contributed by atoms with Crippen molar-refractivity contribution in [2.75, 3.05) is 21.3 Å². The highest BCUT2D eigenvalue weighted by Crippen LogP contribution is 2.40. The summed E-state index contributed by atoms with van der Waals surface area (Å²) in [7, 11) is 4.62. The van der Waals surface area contributed by atoms with Crippen LogP contribution < -0.4 is 9.47 Å².